The van der Waals surface area contributed by atoms with E-state index in [4.69, 9.17) is 0 Å². The van der Waals surface area contributed by atoms with Crippen LogP contribution >= 0.6 is 0 Å². The number of benzene rings is 1. The number of aliphatic hydroxyl groups is 1. The van der Waals surface area contributed by atoms with E-state index >= 15 is 0 Å². The molecule has 0 spiro atoms. The van der Waals surface area contributed by atoms with Crippen molar-refractivity contribution in [2.75, 3.05) is 5.32 Å². The van der Waals surface area contributed by atoms with Gasteiger partial charge in [-0.05, 0) is 72.4 Å². The lowest BCUT2D eigenvalue weighted by Gasteiger charge is -2.46. The minimum atomic E-state index is -0.256. The fraction of sp³-hybridized carbons (Fsp3) is 0.440. The number of aliphatic hydroxyl groups excluding tert-OH is 1. The first kappa shape index (κ1) is 20.8. The lowest BCUT2D eigenvalue weighted by molar-refractivity contribution is 0.102. The summed E-state index contributed by atoms with van der Waals surface area (Å²) < 4.78 is 1.99. The first-order valence-electron chi connectivity index (χ1n) is 11.3. The van der Waals surface area contributed by atoms with Crippen molar-refractivity contribution in [1.82, 2.24) is 19.7 Å². The third-order valence-electron chi connectivity index (χ3n) is 7.15. The monoisotopic (exact) mass is 431 g/mol. The molecule has 2 aliphatic rings. The molecule has 1 fully saturated rings. The highest BCUT2D eigenvalue weighted by atomic mass is 16.3. The van der Waals surface area contributed by atoms with E-state index in [1.54, 1.807) is 12.4 Å². The summed E-state index contributed by atoms with van der Waals surface area (Å²) in [5.41, 5.74) is 4.89. The van der Waals surface area contributed by atoms with Gasteiger partial charge in [0.25, 0.3) is 5.91 Å². The van der Waals surface area contributed by atoms with Crippen molar-refractivity contribution in [3.8, 4) is 0 Å². The molecular formula is C25H29N5O2. The van der Waals surface area contributed by atoms with Crippen molar-refractivity contribution in [2.24, 2.45) is 13.0 Å². The number of carbonyl (C=O) groups is 1. The second kappa shape index (κ2) is 7.81. The van der Waals surface area contributed by atoms with Gasteiger partial charge >= 0.3 is 0 Å². The number of fused-ring (bicyclic) bond motifs is 1. The van der Waals surface area contributed by atoms with Crippen molar-refractivity contribution in [2.45, 2.75) is 57.5 Å². The number of hydrogen-bond donors (Lipinski definition) is 2. The Hall–Kier alpha value is -3.06. The quantitative estimate of drug-likeness (QED) is 0.642. The molecule has 5 rings (SSSR count). The molecule has 2 aromatic heterocycles. The van der Waals surface area contributed by atoms with Crippen molar-refractivity contribution in [3.05, 3.63) is 70.6 Å². The maximum Gasteiger partial charge on any atom is 0.274 e. The Morgan fingerprint density at radius 1 is 1.28 bits per heavy atom. The van der Waals surface area contributed by atoms with Gasteiger partial charge < -0.3 is 15.0 Å². The molecule has 0 saturated heterocycles. The van der Waals surface area contributed by atoms with Gasteiger partial charge in [-0.1, -0.05) is 26.0 Å². The Kier molecular flexibility index (Phi) is 5.08. The summed E-state index contributed by atoms with van der Waals surface area (Å²) in [6.07, 6.45) is 5.66. The van der Waals surface area contributed by atoms with Gasteiger partial charge in [-0.3, -0.25) is 4.79 Å². The van der Waals surface area contributed by atoms with Crippen molar-refractivity contribution in [1.29, 1.82) is 0 Å². The molecule has 1 amide bonds. The fourth-order valence-electron chi connectivity index (χ4n) is 5.58. The summed E-state index contributed by atoms with van der Waals surface area (Å²) in [6.45, 7) is 4.29. The number of hydrogen-bond acceptors (Lipinski definition) is 5. The van der Waals surface area contributed by atoms with Gasteiger partial charge in [0.05, 0.1) is 12.0 Å². The van der Waals surface area contributed by atoms with Crippen LogP contribution in [0.1, 0.15) is 77.7 Å². The number of nitrogens with one attached hydrogen (secondary N) is 1. The maximum absolute atomic E-state index is 13.1. The van der Waals surface area contributed by atoms with Crippen molar-refractivity contribution < 1.29 is 9.90 Å². The van der Waals surface area contributed by atoms with E-state index in [9.17, 15) is 9.90 Å². The molecule has 3 aromatic rings. The van der Waals surface area contributed by atoms with E-state index in [1.165, 1.54) is 0 Å². The molecule has 2 aliphatic carbocycles. The van der Waals surface area contributed by atoms with Gasteiger partial charge in [-0.15, -0.1) is 10.2 Å². The number of amides is 1. The lowest BCUT2D eigenvalue weighted by atomic mass is 9.58. The topological polar surface area (TPSA) is 92.9 Å². The van der Waals surface area contributed by atoms with E-state index in [2.05, 4.69) is 40.4 Å². The van der Waals surface area contributed by atoms with Gasteiger partial charge in [-0.2, -0.15) is 0 Å². The highest BCUT2D eigenvalue weighted by Crippen LogP contribution is 2.51. The largest absolute Gasteiger partial charge is 0.392 e. The first-order chi connectivity index (χ1) is 15.4. The predicted molar refractivity (Wildman–Crippen MR) is 121 cm³/mol. The Morgan fingerprint density at radius 2 is 2.09 bits per heavy atom. The van der Waals surface area contributed by atoms with Gasteiger partial charge in [0.2, 0.25) is 0 Å². The van der Waals surface area contributed by atoms with Gasteiger partial charge in [0.1, 0.15) is 17.8 Å². The van der Waals surface area contributed by atoms with Crippen LogP contribution < -0.4 is 5.32 Å². The highest BCUT2D eigenvalue weighted by molar-refractivity contribution is 6.03. The van der Waals surface area contributed by atoms with E-state index in [1.807, 2.05) is 29.8 Å². The van der Waals surface area contributed by atoms with Crippen molar-refractivity contribution >= 4 is 11.6 Å². The molecule has 1 saturated carbocycles. The first-order valence-corrected chi connectivity index (χ1v) is 11.3. The zero-order chi connectivity index (χ0) is 22.5. The van der Waals surface area contributed by atoms with Crippen molar-refractivity contribution in [3.63, 3.8) is 0 Å². The van der Waals surface area contributed by atoms with Gasteiger partial charge in [0.15, 0.2) is 0 Å². The average molecular weight is 432 g/mol. The Morgan fingerprint density at radius 3 is 2.78 bits per heavy atom. The minimum absolute atomic E-state index is 0.0776. The summed E-state index contributed by atoms with van der Waals surface area (Å²) >= 11 is 0. The van der Waals surface area contributed by atoms with Crippen LogP contribution in [0.15, 0.2) is 36.7 Å². The van der Waals surface area contributed by atoms with E-state index in [-0.39, 0.29) is 17.9 Å². The molecule has 0 radical (unpaired) electrons. The summed E-state index contributed by atoms with van der Waals surface area (Å²) in [5.74, 6) is 1.62. The predicted octanol–water partition coefficient (Wildman–Crippen LogP) is 3.72. The number of anilines is 1. The smallest absolute Gasteiger partial charge is 0.274 e. The zero-order valence-corrected chi connectivity index (χ0v) is 18.8. The standard InChI is InChI=1S/C25H29N5O2/c1-15-11-25(12-15,24-29-26-14-30(24)3)18-5-4-6-19(10-18)27-23(32)21-9-17(13-31)20-8-7-16(2)22(20)28-21/h4-6,9-10,14-16,31H,7-8,11-13H2,1-3H3,(H,27,32). The Balaban J connectivity index is 1.44. The summed E-state index contributed by atoms with van der Waals surface area (Å²) in [4.78, 5) is 17.7. The van der Waals surface area contributed by atoms with Crippen LogP contribution in [0.5, 0.6) is 0 Å². The van der Waals surface area contributed by atoms with E-state index in [0.717, 1.165) is 59.6 Å². The zero-order valence-electron chi connectivity index (χ0n) is 18.8. The molecular weight excluding hydrogens is 402 g/mol. The van der Waals surface area contributed by atoms with Crippen LogP contribution in [-0.2, 0) is 25.5 Å². The lowest BCUT2D eigenvalue weighted by Crippen LogP contribution is -2.43. The molecule has 7 nitrogen and oxygen atoms in total. The molecule has 1 atom stereocenters. The Labute approximate surface area is 187 Å². The molecule has 2 N–H and O–H groups in total. The number of carbonyl (C=O) groups excluding carboxylic acids is 1. The van der Waals surface area contributed by atoms with Gasteiger partial charge in [-0.25, -0.2) is 4.98 Å². The van der Waals surface area contributed by atoms with Crippen LogP contribution in [0, 0.1) is 5.92 Å². The third kappa shape index (κ3) is 3.32. The summed E-state index contributed by atoms with van der Waals surface area (Å²) in [6, 6.07) is 9.75. The normalized spacial score (nSPS) is 24.1. The van der Waals surface area contributed by atoms with Crippen LogP contribution in [-0.4, -0.2) is 30.8 Å². The number of aromatic nitrogens is 4. The number of aryl methyl sites for hydroxylation is 1. The van der Waals surface area contributed by atoms with Crippen LogP contribution in [0.2, 0.25) is 0 Å². The molecule has 32 heavy (non-hydrogen) atoms. The summed E-state index contributed by atoms with van der Waals surface area (Å²) in [5, 5.41) is 21.3. The fourth-order valence-corrected chi connectivity index (χ4v) is 5.58. The van der Waals surface area contributed by atoms with E-state index in [0.29, 0.717) is 17.5 Å². The molecule has 7 heteroatoms. The SMILES string of the molecule is CC1CC(c2cccc(NC(=O)c3cc(CO)c4c(n3)C(C)CC4)c2)(c2nncn2C)C1. The third-order valence-corrected chi connectivity index (χ3v) is 7.15. The second-order valence-corrected chi connectivity index (χ2v) is 9.52. The van der Waals surface area contributed by atoms with Crippen LogP contribution in [0.3, 0.4) is 0 Å². The molecule has 0 aliphatic heterocycles. The molecule has 0 bridgehead atoms. The number of rotatable bonds is 5. The molecule has 1 unspecified atom stereocenters. The number of pyridine rings is 1. The van der Waals surface area contributed by atoms with Gasteiger partial charge in [0, 0.05) is 18.4 Å². The van der Waals surface area contributed by atoms with E-state index < -0.39 is 0 Å². The second-order valence-electron chi connectivity index (χ2n) is 9.52. The molecule has 2 heterocycles. The summed E-state index contributed by atoms with van der Waals surface area (Å²) in [7, 11) is 1.98. The molecule has 1 aromatic carbocycles. The average Bonchev–Trinajstić information content (AvgIpc) is 3.36. The Bertz CT molecular complexity index is 1180. The number of nitrogens with zero attached hydrogens (tertiary/aromatic N) is 4. The van der Waals surface area contributed by atoms with Crippen LogP contribution in [0.25, 0.3) is 0 Å². The highest BCUT2D eigenvalue weighted by Gasteiger charge is 2.48. The minimum Gasteiger partial charge on any atom is -0.392 e. The molecule has 166 valence electrons. The maximum atomic E-state index is 13.1. The van der Waals surface area contributed by atoms with Crippen LogP contribution in [0.4, 0.5) is 5.69 Å².